The van der Waals surface area contributed by atoms with Gasteiger partial charge in [0.05, 0.1) is 11.1 Å². The lowest BCUT2D eigenvalue weighted by atomic mass is 10.2. The fraction of sp³-hybridized carbons (Fsp3) is 0.261. The van der Waals surface area contributed by atoms with Crippen molar-refractivity contribution in [3.63, 3.8) is 0 Å². The van der Waals surface area contributed by atoms with Gasteiger partial charge in [-0.1, -0.05) is 83.8 Å². The summed E-state index contributed by atoms with van der Waals surface area (Å²) in [6, 6.07) is 15.5. The van der Waals surface area contributed by atoms with Crippen LogP contribution in [0.25, 0.3) is 22.4 Å². The molecular formula is C23H22BrN3O2S. The topological polar surface area (TPSA) is 56.5 Å². The Labute approximate surface area is 187 Å². The maximum absolute atomic E-state index is 12.9. The van der Waals surface area contributed by atoms with E-state index in [1.54, 1.807) is 0 Å². The predicted molar refractivity (Wildman–Crippen MR) is 125 cm³/mol. The first-order valence-corrected chi connectivity index (χ1v) is 11.7. The number of unbranched alkanes of at least 4 members (excludes halogenated alkanes) is 3. The molecule has 0 amide bonds. The van der Waals surface area contributed by atoms with Gasteiger partial charge < -0.3 is 4.74 Å². The zero-order chi connectivity index (χ0) is 20.9. The number of hydrogen-bond acceptors (Lipinski definition) is 5. The largest absolute Gasteiger partial charge is 0.493 e. The maximum Gasteiger partial charge on any atom is 0.291 e. The number of halogens is 1. The van der Waals surface area contributed by atoms with Gasteiger partial charge in [0, 0.05) is 15.6 Å². The van der Waals surface area contributed by atoms with Gasteiger partial charge >= 0.3 is 0 Å². The lowest BCUT2D eigenvalue weighted by Gasteiger charge is -2.08. The Hall–Kier alpha value is -2.51. The van der Waals surface area contributed by atoms with E-state index in [0.29, 0.717) is 21.9 Å². The third-order valence-corrected chi connectivity index (χ3v) is 6.23. The molecule has 4 aromatic rings. The van der Waals surface area contributed by atoms with Gasteiger partial charge in [-0.2, -0.15) is 9.50 Å². The van der Waals surface area contributed by atoms with Gasteiger partial charge in [0.1, 0.15) is 5.75 Å². The molecule has 0 atom stereocenters. The number of nitrogens with zero attached hydrogens (tertiary/aromatic N) is 3. The highest BCUT2D eigenvalue weighted by atomic mass is 79.9. The van der Waals surface area contributed by atoms with Crippen molar-refractivity contribution in [2.24, 2.45) is 0 Å². The minimum Gasteiger partial charge on any atom is -0.493 e. The Morgan fingerprint density at radius 3 is 2.67 bits per heavy atom. The predicted octanol–water partition coefficient (Wildman–Crippen LogP) is 5.09. The second kappa shape index (κ2) is 9.53. The second-order valence-electron chi connectivity index (χ2n) is 7.00. The van der Waals surface area contributed by atoms with E-state index in [-0.39, 0.29) is 5.56 Å². The number of fused-ring (bicyclic) bond motifs is 1. The molecule has 154 valence electrons. The highest BCUT2D eigenvalue weighted by molar-refractivity contribution is 9.10. The number of rotatable bonds is 8. The molecule has 0 aliphatic carbocycles. The van der Waals surface area contributed by atoms with Crippen LogP contribution in [0.15, 0.2) is 57.8 Å². The van der Waals surface area contributed by atoms with Gasteiger partial charge in [-0.05, 0) is 30.7 Å². The zero-order valence-electron chi connectivity index (χ0n) is 16.7. The van der Waals surface area contributed by atoms with Crippen molar-refractivity contribution >= 4 is 38.3 Å². The fourth-order valence-electron chi connectivity index (χ4n) is 3.14. The summed E-state index contributed by atoms with van der Waals surface area (Å²) in [5, 5.41) is 4.41. The van der Waals surface area contributed by atoms with Gasteiger partial charge in [0.2, 0.25) is 4.96 Å². The molecule has 0 radical (unpaired) electrons. The summed E-state index contributed by atoms with van der Waals surface area (Å²) in [4.78, 5) is 18.0. The van der Waals surface area contributed by atoms with E-state index in [9.17, 15) is 4.79 Å². The van der Waals surface area contributed by atoms with Gasteiger partial charge in [0.25, 0.3) is 5.56 Å². The normalized spacial score (nSPS) is 12.0. The Balaban J connectivity index is 1.61. The van der Waals surface area contributed by atoms with Crippen LogP contribution in [0.3, 0.4) is 0 Å². The van der Waals surface area contributed by atoms with Crippen LogP contribution in [0.1, 0.15) is 38.2 Å². The van der Waals surface area contributed by atoms with E-state index < -0.39 is 0 Å². The molecule has 0 unspecified atom stereocenters. The van der Waals surface area contributed by atoms with E-state index >= 15 is 0 Å². The molecule has 30 heavy (non-hydrogen) atoms. The number of hydrogen-bond donors (Lipinski definition) is 0. The fourth-order valence-corrected chi connectivity index (χ4v) is 4.30. The lowest BCUT2D eigenvalue weighted by Crippen LogP contribution is -2.23. The number of thiazole rings is 1. The van der Waals surface area contributed by atoms with Crippen molar-refractivity contribution in [3.8, 4) is 17.1 Å². The molecule has 0 spiro atoms. The monoisotopic (exact) mass is 483 g/mol. The average Bonchev–Trinajstić information content (AvgIpc) is 3.29. The molecule has 0 aliphatic heterocycles. The molecule has 0 saturated heterocycles. The second-order valence-corrected chi connectivity index (χ2v) is 8.92. The van der Waals surface area contributed by atoms with Crippen LogP contribution in [0, 0.1) is 0 Å². The van der Waals surface area contributed by atoms with Gasteiger partial charge in [-0.25, -0.2) is 0 Å². The van der Waals surface area contributed by atoms with E-state index in [2.05, 4.69) is 32.9 Å². The van der Waals surface area contributed by atoms with Crippen molar-refractivity contribution in [2.45, 2.75) is 32.6 Å². The minimum atomic E-state index is -0.163. The van der Waals surface area contributed by atoms with Crippen LogP contribution < -0.4 is 14.8 Å². The van der Waals surface area contributed by atoms with Crippen molar-refractivity contribution < 1.29 is 4.74 Å². The average molecular weight is 484 g/mol. The molecule has 0 aliphatic rings. The Morgan fingerprint density at radius 1 is 1.10 bits per heavy atom. The smallest absolute Gasteiger partial charge is 0.291 e. The summed E-state index contributed by atoms with van der Waals surface area (Å²) in [6.45, 7) is 2.88. The summed E-state index contributed by atoms with van der Waals surface area (Å²) >= 11 is 4.76. The van der Waals surface area contributed by atoms with E-state index in [4.69, 9.17) is 4.74 Å². The first-order chi connectivity index (χ1) is 14.7. The highest BCUT2D eigenvalue weighted by Crippen LogP contribution is 2.21. The molecule has 4 rings (SSSR count). The van der Waals surface area contributed by atoms with Crippen LogP contribution in [0.5, 0.6) is 5.75 Å². The molecule has 0 bridgehead atoms. The first kappa shape index (κ1) is 20.8. The number of ether oxygens (including phenoxy) is 1. The molecular weight excluding hydrogens is 462 g/mol. The van der Waals surface area contributed by atoms with Crippen molar-refractivity contribution in [3.05, 3.63) is 73.5 Å². The van der Waals surface area contributed by atoms with Crippen LogP contribution in [0.4, 0.5) is 0 Å². The summed E-state index contributed by atoms with van der Waals surface area (Å²) in [5.74, 6) is 1.34. The SMILES string of the molecule is CCCCCCOc1ccccc1C=c1sc2nc(-c3ccc(Br)cc3)nn2c1=O. The molecule has 2 aromatic heterocycles. The van der Waals surface area contributed by atoms with Crippen LogP contribution in [-0.2, 0) is 0 Å². The molecule has 2 heterocycles. The molecule has 0 N–H and O–H groups in total. The number of benzene rings is 2. The summed E-state index contributed by atoms with van der Waals surface area (Å²) < 4.78 is 8.92. The van der Waals surface area contributed by atoms with Crippen molar-refractivity contribution in [2.75, 3.05) is 6.61 Å². The Morgan fingerprint density at radius 2 is 1.90 bits per heavy atom. The van der Waals surface area contributed by atoms with Crippen molar-refractivity contribution in [1.29, 1.82) is 0 Å². The van der Waals surface area contributed by atoms with Crippen molar-refractivity contribution in [1.82, 2.24) is 14.6 Å². The number of aromatic nitrogens is 3. The summed E-state index contributed by atoms with van der Waals surface area (Å²) in [6.07, 6.45) is 6.49. The Bertz CT molecular complexity index is 1250. The van der Waals surface area contributed by atoms with E-state index in [1.807, 2.05) is 54.6 Å². The van der Waals surface area contributed by atoms with Crippen LogP contribution in [-0.4, -0.2) is 21.2 Å². The van der Waals surface area contributed by atoms with Crippen LogP contribution in [0.2, 0.25) is 0 Å². The standard InChI is InChI=1S/C23H22BrN3O2S/c1-2-3-4-7-14-29-19-9-6-5-8-17(19)15-20-22(28)27-23(30-20)25-21(26-27)16-10-12-18(24)13-11-16/h5-6,8-13,15H,2-4,7,14H2,1H3. The summed E-state index contributed by atoms with van der Waals surface area (Å²) in [7, 11) is 0. The number of para-hydroxylation sites is 1. The Kier molecular flexibility index (Phi) is 6.59. The molecule has 0 saturated carbocycles. The minimum absolute atomic E-state index is 0.163. The first-order valence-electron chi connectivity index (χ1n) is 10.0. The van der Waals surface area contributed by atoms with E-state index in [0.717, 1.165) is 27.8 Å². The van der Waals surface area contributed by atoms with Gasteiger partial charge in [0.15, 0.2) is 5.82 Å². The zero-order valence-corrected chi connectivity index (χ0v) is 19.1. The third kappa shape index (κ3) is 4.63. The lowest BCUT2D eigenvalue weighted by molar-refractivity contribution is 0.304. The van der Waals surface area contributed by atoms with Gasteiger partial charge in [-0.15, -0.1) is 5.10 Å². The maximum atomic E-state index is 12.9. The van der Waals surface area contributed by atoms with Gasteiger partial charge in [-0.3, -0.25) is 4.79 Å². The highest BCUT2D eigenvalue weighted by Gasteiger charge is 2.12. The molecule has 2 aromatic carbocycles. The quantitative estimate of drug-likeness (QED) is 0.327. The molecule has 5 nitrogen and oxygen atoms in total. The third-order valence-electron chi connectivity index (χ3n) is 4.75. The van der Waals surface area contributed by atoms with Crippen LogP contribution >= 0.6 is 27.3 Å². The van der Waals surface area contributed by atoms with E-state index in [1.165, 1.54) is 35.1 Å². The summed E-state index contributed by atoms with van der Waals surface area (Å²) in [5.41, 5.74) is 1.60. The molecule has 7 heteroatoms. The molecule has 0 fully saturated rings.